The molecule has 1 saturated heterocycles. The molecular weight excluding hydrogens is 478 g/mol. The van der Waals surface area contributed by atoms with E-state index >= 15 is 0 Å². The Balaban J connectivity index is 2.43. The van der Waals surface area contributed by atoms with Crippen LogP contribution in [0.15, 0.2) is 35.5 Å². The molecule has 36 heavy (non-hydrogen) atoms. The lowest BCUT2D eigenvalue weighted by Gasteiger charge is -2.41. The molecule has 1 aromatic rings. The average molecular weight is 507 g/mol. The van der Waals surface area contributed by atoms with Crippen LogP contribution in [0.2, 0.25) is 0 Å². The summed E-state index contributed by atoms with van der Waals surface area (Å²) < 4.78 is 21.4. The van der Waals surface area contributed by atoms with Crippen LogP contribution in [0.25, 0.3) is 0 Å². The molecule has 4 atom stereocenters. The maximum absolute atomic E-state index is 12.5. The number of amides is 2. The van der Waals surface area contributed by atoms with Gasteiger partial charge in [-0.3, -0.25) is 29.3 Å². The van der Waals surface area contributed by atoms with Gasteiger partial charge < -0.3 is 24.3 Å². The van der Waals surface area contributed by atoms with Gasteiger partial charge in [-0.05, 0) is 17.3 Å². The highest BCUT2D eigenvalue weighted by molar-refractivity contribution is 5.91. The Morgan fingerprint density at radius 2 is 1.56 bits per heavy atom. The Bertz CT molecular complexity index is 995. The molecule has 1 aliphatic rings. The molecule has 2 N–H and O–H groups in total. The van der Waals surface area contributed by atoms with Crippen LogP contribution >= 0.6 is 0 Å². The summed E-state index contributed by atoms with van der Waals surface area (Å²) in [5.74, 6) is -3.53. The zero-order chi connectivity index (χ0) is 26.8. The number of benzene rings is 1. The normalized spacial score (nSPS) is 22.1. The summed E-state index contributed by atoms with van der Waals surface area (Å²) in [5.41, 5.74) is 0.428. The molecule has 0 aromatic heterocycles. The Labute approximate surface area is 207 Å². The molecule has 1 fully saturated rings. The Morgan fingerprint density at radius 1 is 0.944 bits per heavy atom. The van der Waals surface area contributed by atoms with Crippen molar-refractivity contribution < 1.29 is 47.8 Å². The molecule has 1 heterocycles. The molecule has 1 aliphatic heterocycles. The number of nitrogens with one attached hydrogen (secondary N) is 2. The Kier molecular flexibility index (Phi) is 10.2. The minimum Gasteiger partial charge on any atom is -0.466 e. The van der Waals surface area contributed by atoms with E-state index in [1.54, 1.807) is 44.2 Å². The Hall–Kier alpha value is -4.16. The SMILES string of the molecule is CC(=O)OC[C@H]1O/C(=N\OC(=O)Nc2ccccc2)[C@H](NC(=O)C(C)C)[C@@H](OC(C)=O)[C@@H]1OC(C)=O. The molecule has 0 saturated carbocycles. The van der Waals surface area contributed by atoms with Gasteiger partial charge in [-0.2, -0.15) is 0 Å². The fourth-order valence-corrected chi connectivity index (χ4v) is 3.12. The van der Waals surface area contributed by atoms with Gasteiger partial charge in [-0.1, -0.05) is 32.0 Å². The summed E-state index contributed by atoms with van der Waals surface area (Å²) >= 11 is 0. The van der Waals surface area contributed by atoms with Crippen molar-refractivity contribution in [1.29, 1.82) is 0 Å². The third kappa shape index (κ3) is 8.56. The zero-order valence-electron chi connectivity index (χ0n) is 20.5. The lowest BCUT2D eigenvalue weighted by Crippen LogP contribution is -2.65. The van der Waals surface area contributed by atoms with Crippen molar-refractivity contribution in [3.05, 3.63) is 30.3 Å². The number of hydrogen-bond acceptors (Lipinski definition) is 11. The number of carbonyl (C=O) groups excluding carboxylic acids is 5. The van der Waals surface area contributed by atoms with Crippen molar-refractivity contribution >= 4 is 41.5 Å². The van der Waals surface area contributed by atoms with Gasteiger partial charge in [-0.15, -0.1) is 0 Å². The lowest BCUT2D eigenvalue weighted by atomic mass is 9.96. The third-order valence-corrected chi connectivity index (χ3v) is 4.67. The number of nitrogens with zero attached hydrogens (tertiary/aromatic N) is 1. The molecule has 0 aliphatic carbocycles. The molecule has 0 radical (unpaired) electrons. The standard InChI is InChI=1S/C23H29N3O10/c1-12(2)21(30)25-18-20(34-15(5)29)19(33-14(4)28)17(11-32-13(3)27)35-22(18)26-36-23(31)24-16-9-7-6-8-10-16/h6-10,12,17-20H,11H2,1-5H3,(H,24,31)(H,25,30)/b26-22-/t17-,18-,19-,20-/m1/s1. The summed E-state index contributed by atoms with van der Waals surface area (Å²) in [7, 11) is 0. The first-order valence-corrected chi connectivity index (χ1v) is 11.0. The third-order valence-electron chi connectivity index (χ3n) is 4.67. The van der Waals surface area contributed by atoms with E-state index in [-0.39, 0.29) is 5.90 Å². The van der Waals surface area contributed by atoms with E-state index < -0.39 is 66.8 Å². The first kappa shape index (κ1) is 28.1. The number of rotatable bonds is 8. The minimum absolute atomic E-state index is 0.376. The van der Waals surface area contributed by atoms with Gasteiger partial charge in [-0.25, -0.2) is 4.79 Å². The number of ether oxygens (including phenoxy) is 4. The number of esters is 3. The number of oxime groups is 1. The van der Waals surface area contributed by atoms with E-state index in [1.807, 2.05) is 0 Å². The fraction of sp³-hybridized carbons (Fsp3) is 0.478. The van der Waals surface area contributed by atoms with Crippen LogP contribution in [-0.4, -0.2) is 66.8 Å². The van der Waals surface area contributed by atoms with Crippen LogP contribution in [0, 0.1) is 5.92 Å². The average Bonchev–Trinajstić information content (AvgIpc) is 2.79. The van der Waals surface area contributed by atoms with Crippen LogP contribution in [-0.2, 0) is 43.0 Å². The predicted molar refractivity (Wildman–Crippen MR) is 123 cm³/mol. The number of para-hydroxylation sites is 1. The lowest BCUT2D eigenvalue weighted by molar-refractivity contribution is -0.186. The van der Waals surface area contributed by atoms with Gasteiger partial charge in [0.15, 0.2) is 18.3 Å². The number of anilines is 1. The summed E-state index contributed by atoms with van der Waals surface area (Å²) in [6.07, 6.45) is -4.86. The quantitative estimate of drug-likeness (QED) is 0.228. The number of carbonyl (C=O) groups is 5. The molecule has 1 aromatic carbocycles. The molecule has 13 nitrogen and oxygen atoms in total. The molecule has 196 valence electrons. The van der Waals surface area contributed by atoms with E-state index in [0.29, 0.717) is 5.69 Å². The highest BCUT2D eigenvalue weighted by Crippen LogP contribution is 2.25. The first-order valence-electron chi connectivity index (χ1n) is 11.0. The van der Waals surface area contributed by atoms with E-state index in [1.165, 1.54) is 0 Å². The van der Waals surface area contributed by atoms with Crippen LogP contribution in [0.4, 0.5) is 10.5 Å². The summed E-state index contributed by atoms with van der Waals surface area (Å²) in [5, 5.41) is 8.77. The van der Waals surface area contributed by atoms with Crippen molar-refractivity contribution in [2.24, 2.45) is 11.1 Å². The highest BCUT2D eigenvalue weighted by Gasteiger charge is 2.51. The van der Waals surface area contributed by atoms with Crippen molar-refractivity contribution in [3.8, 4) is 0 Å². The minimum atomic E-state index is -1.36. The molecule has 0 unspecified atom stereocenters. The second-order valence-corrected chi connectivity index (χ2v) is 8.05. The van der Waals surface area contributed by atoms with Crippen LogP contribution in [0.3, 0.4) is 0 Å². The van der Waals surface area contributed by atoms with Gasteiger partial charge in [0.25, 0.3) is 5.90 Å². The van der Waals surface area contributed by atoms with Gasteiger partial charge in [0, 0.05) is 32.4 Å². The van der Waals surface area contributed by atoms with Crippen molar-refractivity contribution in [1.82, 2.24) is 5.32 Å². The molecule has 0 spiro atoms. The second-order valence-electron chi connectivity index (χ2n) is 8.05. The summed E-state index contributed by atoms with van der Waals surface area (Å²) in [4.78, 5) is 64.8. The van der Waals surface area contributed by atoms with Crippen molar-refractivity contribution in [2.45, 2.75) is 59.0 Å². The van der Waals surface area contributed by atoms with Crippen molar-refractivity contribution in [2.75, 3.05) is 11.9 Å². The summed E-state index contributed by atoms with van der Waals surface area (Å²) in [6, 6.07) is 7.07. The Morgan fingerprint density at radius 3 is 2.11 bits per heavy atom. The van der Waals surface area contributed by atoms with Crippen molar-refractivity contribution in [3.63, 3.8) is 0 Å². The maximum atomic E-state index is 12.5. The fourth-order valence-electron chi connectivity index (χ4n) is 3.12. The monoisotopic (exact) mass is 507 g/mol. The second kappa shape index (κ2) is 13.1. The maximum Gasteiger partial charge on any atom is 0.437 e. The highest BCUT2D eigenvalue weighted by atomic mass is 16.7. The topological polar surface area (TPSA) is 168 Å². The molecular formula is C23H29N3O10. The van der Waals surface area contributed by atoms with Crippen LogP contribution < -0.4 is 10.6 Å². The molecule has 2 amide bonds. The molecule has 0 bridgehead atoms. The largest absolute Gasteiger partial charge is 0.466 e. The van der Waals surface area contributed by atoms with E-state index in [4.69, 9.17) is 23.8 Å². The smallest absolute Gasteiger partial charge is 0.437 e. The molecule has 13 heteroatoms. The van der Waals surface area contributed by atoms with Gasteiger partial charge in [0.05, 0.1) is 0 Å². The zero-order valence-corrected chi connectivity index (χ0v) is 20.5. The van der Waals surface area contributed by atoms with Gasteiger partial charge in [0.1, 0.15) is 12.6 Å². The van der Waals surface area contributed by atoms with E-state index in [9.17, 15) is 24.0 Å². The van der Waals surface area contributed by atoms with E-state index in [2.05, 4.69) is 15.8 Å². The molecule has 2 rings (SSSR count). The van der Waals surface area contributed by atoms with Crippen LogP contribution in [0.1, 0.15) is 34.6 Å². The van der Waals surface area contributed by atoms with Gasteiger partial charge >= 0.3 is 24.0 Å². The number of hydrogen-bond donors (Lipinski definition) is 2. The van der Waals surface area contributed by atoms with Gasteiger partial charge in [0.2, 0.25) is 5.91 Å². The van der Waals surface area contributed by atoms with E-state index in [0.717, 1.165) is 20.8 Å². The predicted octanol–water partition coefficient (Wildman–Crippen LogP) is 1.51. The summed E-state index contributed by atoms with van der Waals surface area (Å²) in [6.45, 7) is 6.20. The van der Waals surface area contributed by atoms with Crippen LogP contribution in [0.5, 0.6) is 0 Å². The first-order chi connectivity index (χ1) is 17.0.